The van der Waals surface area contributed by atoms with E-state index < -0.39 is 4.92 Å². The van der Waals surface area contributed by atoms with Gasteiger partial charge < -0.3 is 9.64 Å². The molecule has 10 heteroatoms. The summed E-state index contributed by atoms with van der Waals surface area (Å²) in [4.78, 5) is 39.0. The van der Waals surface area contributed by atoms with Crippen LogP contribution in [-0.4, -0.2) is 51.2 Å². The topological polar surface area (TPSA) is 108 Å². The van der Waals surface area contributed by atoms with Gasteiger partial charge in [-0.25, -0.2) is 4.68 Å². The zero-order chi connectivity index (χ0) is 22.7. The molecule has 0 N–H and O–H groups in total. The summed E-state index contributed by atoms with van der Waals surface area (Å²) in [6, 6.07) is 11.5. The van der Waals surface area contributed by atoms with Gasteiger partial charge in [-0.05, 0) is 43.3 Å². The molecule has 1 atom stereocenters. The number of hydrogen-bond acceptors (Lipinski definition) is 7. The summed E-state index contributed by atoms with van der Waals surface area (Å²) in [7, 11) is 0. The lowest BCUT2D eigenvalue weighted by molar-refractivity contribution is -0.384. The third kappa shape index (κ3) is 4.40. The zero-order valence-corrected chi connectivity index (χ0v) is 18.3. The molecule has 32 heavy (non-hydrogen) atoms. The lowest BCUT2D eigenvalue weighted by Crippen LogP contribution is -2.43. The number of benzene rings is 1. The van der Waals surface area contributed by atoms with Crippen LogP contribution in [0.3, 0.4) is 0 Å². The Hall–Kier alpha value is -3.53. The number of rotatable bonds is 6. The second-order valence-corrected chi connectivity index (χ2v) is 8.37. The minimum absolute atomic E-state index is 0.0885. The molecule has 0 spiro atoms. The molecule has 0 saturated carbocycles. The molecule has 3 heterocycles. The molecule has 0 aliphatic carbocycles. The van der Waals surface area contributed by atoms with E-state index in [1.54, 1.807) is 30.0 Å². The Morgan fingerprint density at radius 3 is 2.84 bits per heavy atom. The molecule has 1 unspecified atom stereocenters. The quantitative estimate of drug-likeness (QED) is 0.317. The van der Waals surface area contributed by atoms with Crippen molar-refractivity contribution in [1.82, 2.24) is 14.7 Å². The van der Waals surface area contributed by atoms with Gasteiger partial charge in [0.05, 0.1) is 28.0 Å². The van der Waals surface area contributed by atoms with E-state index in [1.165, 1.54) is 28.2 Å². The number of nitro benzene ring substituents is 1. The number of esters is 1. The van der Waals surface area contributed by atoms with Crippen LogP contribution < -0.4 is 0 Å². The predicted molar refractivity (Wildman–Crippen MR) is 119 cm³/mol. The molecule has 9 nitrogen and oxygen atoms in total. The van der Waals surface area contributed by atoms with Gasteiger partial charge in [-0.3, -0.25) is 19.7 Å². The summed E-state index contributed by atoms with van der Waals surface area (Å²) in [5.74, 6) is -0.934. The van der Waals surface area contributed by atoms with Gasteiger partial charge >= 0.3 is 5.97 Å². The Bertz CT molecular complexity index is 1140. The molecule has 0 bridgehead atoms. The summed E-state index contributed by atoms with van der Waals surface area (Å²) in [5.41, 5.74) is 1.23. The Kier molecular flexibility index (Phi) is 6.31. The number of ether oxygens (including phenoxy) is 1. The summed E-state index contributed by atoms with van der Waals surface area (Å²) < 4.78 is 6.58. The van der Waals surface area contributed by atoms with Crippen molar-refractivity contribution < 1.29 is 19.2 Å². The average Bonchev–Trinajstić information content (AvgIpc) is 3.49. The van der Waals surface area contributed by atoms with Crippen LogP contribution in [0.1, 0.15) is 30.3 Å². The second kappa shape index (κ2) is 9.31. The number of carbonyl (C=O) groups is 2. The van der Waals surface area contributed by atoms with Crippen molar-refractivity contribution in [3.05, 3.63) is 63.7 Å². The van der Waals surface area contributed by atoms with Gasteiger partial charge in [-0.2, -0.15) is 5.10 Å². The lowest BCUT2D eigenvalue weighted by Gasteiger charge is -2.31. The number of likely N-dealkylation sites (tertiary alicyclic amines) is 1. The van der Waals surface area contributed by atoms with E-state index in [0.717, 1.165) is 4.88 Å². The number of piperidine rings is 1. The number of thiophene rings is 1. The Morgan fingerprint density at radius 1 is 1.28 bits per heavy atom. The van der Waals surface area contributed by atoms with E-state index >= 15 is 0 Å². The number of nitrogens with zero attached hydrogens (tertiary/aromatic N) is 4. The third-order valence-corrected chi connectivity index (χ3v) is 6.21. The van der Waals surface area contributed by atoms with Crippen molar-refractivity contribution in [3.8, 4) is 16.3 Å². The summed E-state index contributed by atoms with van der Waals surface area (Å²) in [5, 5.41) is 17.8. The number of aromatic nitrogens is 2. The highest BCUT2D eigenvalue weighted by Crippen LogP contribution is 2.28. The number of carbonyl (C=O) groups excluding carboxylic acids is 2. The molecule has 1 amide bonds. The van der Waals surface area contributed by atoms with Gasteiger partial charge in [0.2, 0.25) is 0 Å². The fraction of sp³-hybridized carbons (Fsp3) is 0.318. The summed E-state index contributed by atoms with van der Waals surface area (Å²) in [6.07, 6.45) is 1.37. The van der Waals surface area contributed by atoms with Crippen molar-refractivity contribution in [1.29, 1.82) is 0 Å². The number of non-ortho nitro benzene ring substituents is 1. The number of hydrogen-bond donors (Lipinski definition) is 0. The number of nitro groups is 1. The van der Waals surface area contributed by atoms with Crippen LogP contribution in [0, 0.1) is 16.0 Å². The highest BCUT2D eigenvalue weighted by molar-refractivity contribution is 7.13. The van der Waals surface area contributed by atoms with Crippen LogP contribution in [0.2, 0.25) is 0 Å². The van der Waals surface area contributed by atoms with Crippen LogP contribution in [0.4, 0.5) is 5.69 Å². The van der Waals surface area contributed by atoms with Crippen LogP contribution in [-0.2, 0) is 9.53 Å². The molecule has 166 valence electrons. The highest BCUT2D eigenvalue weighted by Gasteiger charge is 2.32. The van der Waals surface area contributed by atoms with Crippen molar-refractivity contribution >= 4 is 28.9 Å². The van der Waals surface area contributed by atoms with Gasteiger partial charge in [0.15, 0.2) is 0 Å². The average molecular weight is 455 g/mol. The first-order valence-corrected chi connectivity index (χ1v) is 11.2. The first kappa shape index (κ1) is 21.7. The molecule has 3 aromatic rings. The summed E-state index contributed by atoms with van der Waals surface area (Å²) >= 11 is 1.49. The Labute approximate surface area is 188 Å². The van der Waals surface area contributed by atoms with E-state index in [9.17, 15) is 19.7 Å². The molecular formula is C22H22N4O5S. The number of amides is 1. The standard InChI is InChI=1S/C22H22N4O5S/c1-2-31-22(28)15-6-4-10-24(14-15)21(27)19-13-18(20-9-5-11-32-20)23-25(19)16-7-3-8-17(12-16)26(29)30/h3,5,7-9,11-13,15H,2,4,6,10,14H2,1H3. The van der Waals surface area contributed by atoms with E-state index in [0.29, 0.717) is 43.1 Å². The second-order valence-electron chi connectivity index (χ2n) is 7.42. The molecule has 1 aliphatic rings. The summed E-state index contributed by atoms with van der Waals surface area (Å²) in [6.45, 7) is 2.84. The molecule has 2 aromatic heterocycles. The van der Waals surface area contributed by atoms with E-state index in [2.05, 4.69) is 5.10 Å². The molecule has 1 saturated heterocycles. The lowest BCUT2D eigenvalue weighted by atomic mass is 9.98. The van der Waals surface area contributed by atoms with Gasteiger partial charge in [0, 0.05) is 25.2 Å². The maximum atomic E-state index is 13.5. The maximum Gasteiger partial charge on any atom is 0.310 e. The fourth-order valence-corrected chi connectivity index (χ4v) is 4.47. The van der Waals surface area contributed by atoms with E-state index in [-0.39, 0.29) is 30.0 Å². The fourth-order valence-electron chi connectivity index (χ4n) is 3.79. The smallest absolute Gasteiger partial charge is 0.310 e. The molecule has 1 fully saturated rings. The van der Waals surface area contributed by atoms with Gasteiger partial charge in [-0.15, -0.1) is 11.3 Å². The third-order valence-electron chi connectivity index (χ3n) is 5.32. The molecular weight excluding hydrogens is 432 g/mol. The molecule has 0 radical (unpaired) electrons. The van der Waals surface area contributed by atoms with E-state index in [4.69, 9.17) is 4.74 Å². The highest BCUT2D eigenvalue weighted by atomic mass is 32.1. The Morgan fingerprint density at radius 2 is 2.12 bits per heavy atom. The molecule has 1 aliphatic heterocycles. The van der Waals surface area contributed by atoms with Gasteiger partial charge in [0.25, 0.3) is 11.6 Å². The first-order valence-electron chi connectivity index (χ1n) is 10.3. The van der Waals surface area contributed by atoms with Crippen LogP contribution in [0.5, 0.6) is 0 Å². The van der Waals surface area contributed by atoms with Crippen molar-refractivity contribution in [3.63, 3.8) is 0 Å². The van der Waals surface area contributed by atoms with Crippen molar-refractivity contribution in [2.24, 2.45) is 5.92 Å². The monoisotopic (exact) mass is 454 g/mol. The predicted octanol–water partition coefficient (Wildman–Crippen LogP) is 3.92. The van der Waals surface area contributed by atoms with E-state index in [1.807, 2.05) is 17.5 Å². The van der Waals surface area contributed by atoms with Crippen molar-refractivity contribution in [2.75, 3.05) is 19.7 Å². The van der Waals surface area contributed by atoms with Crippen LogP contribution >= 0.6 is 11.3 Å². The van der Waals surface area contributed by atoms with Gasteiger partial charge in [0.1, 0.15) is 11.4 Å². The normalized spacial score (nSPS) is 16.0. The SMILES string of the molecule is CCOC(=O)C1CCCN(C(=O)c2cc(-c3cccs3)nn2-c2cccc([N+](=O)[O-])c2)C1. The molecule has 1 aromatic carbocycles. The van der Waals surface area contributed by atoms with Gasteiger partial charge in [-0.1, -0.05) is 12.1 Å². The van der Waals surface area contributed by atoms with Crippen LogP contribution in [0.15, 0.2) is 47.8 Å². The Balaban J connectivity index is 1.71. The largest absolute Gasteiger partial charge is 0.466 e. The maximum absolute atomic E-state index is 13.5. The zero-order valence-electron chi connectivity index (χ0n) is 17.5. The first-order chi connectivity index (χ1) is 15.5. The molecule has 4 rings (SSSR count). The minimum atomic E-state index is -0.483. The van der Waals surface area contributed by atoms with Crippen molar-refractivity contribution in [2.45, 2.75) is 19.8 Å². The van der Waals surface area contributed by atoms with Crippen LogP contribution in [0.25, 0.3) is 16.3 Å². The minimum Gasteiger partial charge on any atom is -0.466 e.